The first-order valence-electron chi connectivity index (χ1n) is 11.4. The van der Waals surface area contributed by atoms with Gasteiger partial charge in [0.1, 0.15) is 11.6 Å². The minimum Gasteiger partial charge on any atom is -0.346 e. The SMILES string of the molecule is O=C1c2ccccc2C(=O)N1CCc1cnc(CCC(c2ccccc2)c2ccccc2F)[nH]1. The number of halogens is 1. The maximum Gasteiger partial charge on any atom is 0.261 e. The van der Waals surface area contributed by atoms with Gasteiger partial charge in [-0.1, -0.05) is 60.7 Å². The van der Waals surface area contributed by atoms with Crippen molar-refractivity contribution in [3.8, 4) is 0 Å². The van der Waals surface area contributed by atoms with Crippen molar-refractivity contribution in [3.63, 3.8) is 0 Å². The van der Waals surface area contributed by atoms with E-state index in [9.17, 15) is 14.0 Å². The van der Waals surface area contributed by atoms with Gasteiger partial charge in [-0.3, -0.25) is 14.5 Å². The summed E-state index contributed by atoms with van der Waals surface area (Å²) in [6.45, 7) is 0.288. The lowest BCUT2D eigenvalue weighted by atomic mass is 9.87. The fourth-order valence-electron chi connectivity index (χ4n) is 4.56. The molecule has 0 saturated heterocycles. The second-order valence-electron chi connectivity index (χ2n) is 8.44. The standard InChI is InChI=1S/C28H24FN3O2/c29-25-13-7-6-10-22(25)21(19-8-2-1-3-9-19)14-15-26-30-18-20(31-26)16-17-32-27(33)23-11-4-5-12-24(23)28(32)34/h1-13,18,21H,14-17H2,(H,30,31). The maximum atomic E-state index is 14.6. The van der Waals surface area contributed by atoms with Gasteiger partial charge in [0, 0.05) is 37.2 Å². The molecule has 1 aliphatic rings. The van der Waals surface area contributed by atoms with Crippen molar-refractivity contribution in [1.82, 2.24) is 14.9 Å². The van der Waals surface area contributed by atoms with E-state index in [4.69, 9.17) is 0 Å². The first-order chi connectivity index (χ1) is 16.6. The summed E-state index contributed by atoms with van der Waals surface area (Å²) in [7, 11) is 0. The Balaban J connectivity index is 1.25. The van der Waals surface area contributed by atoms with Crippen molar-refractivity contribution in [2.75, 3.05) is 6.54 Å². The summed E-state index contributed by atoms with van der Waals surface area (Å²) in [6.07, 6.45) is 3.57. The lowest BCUT2D eigenvalue weighted by Gasteiger charge is -2.18. The molecular formula is C28H24FN3O2. The van der Waals surface area contributed by atoms with E-state index < -0.39 is 0 Å². The highest BCUT2D eigenvalue weighted by atomic mass is 19.1. The molecule has 2 amide bonds. The zero-order valence-corrected chi connectivity index (χ0v) is 18.6. The van der Waals surface area contributed by atoms with Gasteiger partial charge in [-0.2, -0.15) is 0 Å². The lowest BCUT2D eigenvalue weighted by Crippen LogP contribution is -2.31. The van der Waals surface area contributed by atoms with Crippen molar-refractivity contribution in [2.45, 2.75) is 25.2 Å². The average molecular weight is 454 g/mol. The largest absolute Gasteiger partial charge is 0.346 e. The number of fused-ring (bicyclic) bond motifs is 1. The second kappa shape index (κ2) is 9.43. The quantitative estimate of drug-likeness (QED) is 0.375. The molecule has 5 rings (SSSR count). The molecule has 1 atom stereocenters. The summed E-state index contributed by atoms with van der Waals surface area (Å²) in [5, 5.41) is 0. The van der Waals surface area contributed by atoms with E-state index in [0.717, 1.165) is 17.1 Å². The van der Waals surface area contributed by atoms with Gasteiger partial charge < -0.3 is 4.98 Å². The van der Waals surface area contributed by atoms with Crippen molar-refractivity contribution in [1.29, 1.82) is 0 Å². The summed E-state index contributed by atoms with van der Waals surface area (Å²) in [4.78, 5) is 34.2. The highest BCUT2D eigenvalue weighted by Gasteiger charge is 2.34. The van der Waals surface area contributed by atoms with Gasteiger partial charge in [0.2, 0.25) is 0 Å². The summed E-state index contributed by atoms with van der Waals surface area (Å²) in [5.74, 6) is -0.00628. The normalized spacial score (nSPS) is 13.9. The minimum atomic E-state index is -0.254. The van der Waals surface area contributed by atoms with Gasteiger partial charge in [0.05, 0.1) is 11.1 Å². The number of benzene rings is 3. The van der Waals surface area contributed by atoms with Crippen LogP contribution in [0.1, 0.15) is 55.7 Å². The summed E-state index contributed by atoms with van der Waals surface area (Å²) in [6, 6.07) is 23.7. The van der Waals surface area contributed by atoms with E-state index >= 15 is 0 Å². The molecule has 5 nitrogen and oxygen atoms in total. The maximum absolute atomic E-state index is 14.6. The van der Waals surface area contributed by atoms with Gasteiger partial charge in [-0.15, -0.1) is 0 Å². The third-order valence-electron chi connectivity index (χ3n) is 6.32. The van der Waals surface area contributed by atoms with Gasteiger partial charge >= 0.3 is 0 Å². The van der Waals surface area contributed by atoms with Crippen LogP contribution < -0.4 is 0 Å². The Morgan fingerprint density at radius 2 is 1.47 bits per heavy atom. The van der Waals surface area contributed by atoms with Gasteiger partial charge in [-0.25, -0.2) is 9.37 Å². The Morgan fingerprint density at radius 3 is 2.18 bits per heavy atom. The number of rotatable bonds is 8. The number of carbonyl (C=O) groups excluding carboxylic acids is 2. The monoisotopic (exact) mass is 453 g/mol. The molecule has 0 spiro atoms. The van der Waals surface area contributed by atoms with Crippen molar-refractivity contribution < 1.29 is 14.0 Å². The number of nitrogens with zero attached hydrogens (tertiary/aromatic N) is 2. The number of imidazole rings is 1. The fourth-order valence-corrected chi connectivity index (χ4v) is 4.56. The molecule has 34 heavy (non-hydrogen) atoms. The van der Waals surface area contributed by atoms with Crippen LogP contribution in [0, 0.1) is 5.82 Å². The predicted molar refractivity (Wildman–Crippen MR) is 127 cm³/mol. The molecule has 1 aliphatic heterocycles. The summed E-state index contributed by atoms with van der Waals surface area (Å²) in [5.41, 5.74) is 3.50. The number of hydrogen-bond donors (Lipinski definition) is 1. The molecule has 0 aliphatic carbocycles. The first-order valence-corrected chi connectivity index (χ1v) is 11.4. The number of hydrogen-bond acceptors (Lipinski definition) is 3. The Kier molecular flexibility index (Phi) is 6.04. The molecule has 0 fully saturated rings. The molecule has 1 N–H and O–H groups in total. The van der Waals surface area contributed by atoms with E-state index in [-0.39, 0.29) is 30.1 Å². The van der Waals surface area contributed by atoms with Crippen LogP contribution in [0.15, 0.2) is 85.1 Å². The van der Waals surface area contributed by atoms with Crippen LogP contribution in [0.5, 0.6) is 0 Å². The number of aryl methyl sites for hydroxylation is 1. The van der Waals surface area contributed by atoms with E-state index in [0.29, 0.717) is 36.0 Å². The highest BCUT2D eigenvalue weighted by molar-refractivity contribution is 6.21. The van der Waals surface area contributed by atoms with Crippen LogP contribution in [0.3, 0.4) is 0 Å². The molecule has 0 bridgehead atoms. The lowest BCUT2D eigenvalue weighted by molar-refractivity contribution is 0.0656. The number of aromatic nitrogens is 2. The highest BCUT2D eigenvalue weighted by Crippen LogP contribution is 2.31. The Hall–Kier alpha value is -4.06. The number of H-pyrrole nitrogens is 1. The van der Waals surface area contributed by atoms with Crippen molar-refractivity contribution >= 4 is 11.8 Å². The molecule has 0 radical (unpaired) electrons. The minimum absolute atomic E-state index is 0.0886. The fraction of sp³-hybridized carbons (Fsp3) is 0.179. The Labute approximate surface area is 197 Å². The van der Waals surface area contributed by atoms with Crippen LogP contribution in [0.4, 0.5) is 4.39 Å². The zero-order chi connectivity index (χ0) is 23.5. The number of imide groups is 1. The topological polar surface area (TPSA) is 66.1 Å². The number of amides is 2. The molecule has 2 heterocycles. The number of carbonyl (C=O) groups is 2. The van der Waals surface area contributed by atoms with Crippen LogP contribution in [0.25, 0.3) is 0 Å². The third-order valence-corrected chi connectivity index (χ3v) is 6.32. The molecule has 1 unspecified atom stereocenters. The molecule has 4 aromatic rings. The first kappa shape index (κ1) is 21.8. The average Bonchev–Trinajstić information content (AvgIpc) is 3.42. The number of nitrogens with one attached hydrogen (secondary N) is 1. The van der Waals surface area contributed by atoms with E-state index in [1.807, 2.05) is 42.5 Å². The molecule has 1 aromatic heterocycles. The summed E-state index contributed by atoms with van der Waals surface area (Å²) >= 11 is 0. The Bertz CT molecular complexity index is 1300. The van der Waals surface area contributed by atoms with Crippen molar-refractivity contribution in [2.24, 2.45) is 0 Å². The van der Waals surface area contributed by atoms with Gasteiger partial charge in [0.25, 0.3) is 11.8 Å². The molecule has 6 heteroatoms. The van der Waals surface area contributed by atoms with Crippen LogP contribution in [0.2, 0.25) is 0 Å². The van der Waals surface area contributed by atoms with Gasteiger partial charge in [0.15, 0.2) is 0 Å². The summed E-state index contributed by atoms with van der Waals surface area (Å²) < 4.78 is 14.6. The van der Waals surface area contributed by atoms with E-state index in [1.54, 1.807) is 36.5 Å². The third kappa shape index (κ3) is 4.27. The van der Waals surface area contributed by atoms with Crippen LogP contribution >= 0.6 is 0 Å². The Morgan fingerprint density at radius 1 is 0.824 bits per heavy atom. The predicted octanol–water partition coefficient (Wildman–Crippen LogP) is 5.15. The second-order valence-corrected chi connectivity index (χ2v) is 8.44. The zero-order valence-electron chi connectivity index (χ0n) is 18.6. The molecule has 170 valence electrons. The molecule has 3 aromatic carbocycles. The van der Waals surface area contributed by atoms with E-state index in [2.05, 4.69) is 9.97 Å². The van der Waals surface area contributed by atoms with Crippen molar-refractivity contribution in [3.05, 3.63) is 125 Å². The number of aromatic amines is 1. The van der Waals surface area contributed by atoms with Crippen LogP contribution in [-0.2, 0) is 12.8 Å². The van der Waals surface area contributed by atoms with Crippen LogP contribution in [-0.4, -0.2) is 33.2 Å². The van der Waals surface area contributed by atoms with E-state index in [1.165, 1.54) is 11.0 Å². The molecular weight excluding hydrogens is 429 g/mol. The smallest absolute Gasteiger partial charge is 0.261 e. The van der Waals surface area contributed by atoms with Gasteiger partial charge in [-0.05, 0) is 35.7 Å². The molecule has 0 saturated carbocycles.